The molecule has 2 nitrogen and oxygen atoms in total. The third-order valence-corrected chi connectivity index (χ3v) is 7.47. The van der Waals surface area contributed by atoms with Crippen molar-refractivity contribution < 1.29 is 0 Å². The number of fused-ring (bicyclic) bond motifs is 3. The summed E-state index contributed by atoms with van der Waals surface area (Å²) in [6.07, 6.45) is 0. The first kappa shape index (κ1) is 22.2. The van der Waals surface area contributed by atoms with Crippen LogP contribution in [-0.4, -0.2) is 7.05 Å². The second-order valence-corrected chi connectivity index (χ2v) is 9.95. The molecule has 0 saturated heterocycles. The van der Waals surface area contributed by atoms with Crippen molar-refractivity contribution in [2.45, 2.75) is 19.3 Å². The molecule has 0 heterocycles. The maximum absolute atomic E-state index is 2.38. The minimum atomic E-state index is -0.0254. The fourth-order valence-corrected chi connectivity index (χ4v) is 5.56. The van der Waals surface area contributed by atoms with Crippen molar-refractivity contribution in [1.29, 1.82) is 0 Å². The quantitative estimate of drug-likeness (QED) is 0.255. The number of hydrogen-bond donors (Lipinski definition) is 0. The normalized spacial score (nSPS) is 13.1. The lowest BCUT2D eigenvalue weighted by Gasteiger charge is -2.31. The van der Waals surface area contributed by atoms with Crippen molar-refractivity contribution in [3.05, 3.63) is 139 Å². The number of hydrogen-bond acceptors (Lipinski definition) is 2. The molecule has 0 atom stereocenters. The fourth-order valence-electron chi connectivity index (χ4n) is 5.56. The first-order valence-electron chi connectivity index (χ1n) is 12.5. The Hall–Kier alpha value is -4.30. The van der Waals surface area contributed by atoms with Gasteiger partial charge in [-0.05, 0) is 70.8 Å². The van der Waals surface area contributed by atoms with E-state index in [1.54, 1.807) is 0 Å². The van der Waals surface area contributed by atoms with E-state index >= 15 is 0 Å². The number of benzene rings is 5. The molecule has 5 aromatic rings. The van der Waals surface area contributed by atoms with Crippen LogP contribution in [0.1, 0.15) is 25.0 Å². The molecule has 0 radical (unpaired) electrons. The second-order valence-electron chi connectivity index (χ2n) is 9.95. The molecule has 0 amide bonds. The van der Waals surface area contributed by atoms with Gasteiger partial charge in [0.2, 0.25) is 0 Å². The molecule has 1 aliphatic rings. The van der Waals surface area contributed by atoms with Gasteiger partial charge in [0.15, 0.2) is 0 Å². The predicted octanol–water partition coefficient (Wildman–Crippen LogP) is 9.23. The summed E-state index contributed by atoms with van der Waals surface area (Å²) < 4.78 is 0. The van der Waals surface area contributed by atoms with Crippen LogP contribution < -0.4 is 9.80 Å². The summed E-state index contributed by atoms with van der Waals surface area (Å²) in [5.41, 5.74) is 11.2. The monoisotopic (exact) mass is 466 g/mol. The van der Waals surface area contributed by atoms with Gasteiger partial charge in [0.25, 0.3) is 0 Å². The Morgan fingerprint density at radius 2 is 1.00 bits per heavy atom. The Balaban J connectivity index is 1.47. The minimum absolute atomic E-state index is 0.0254. The lowest BCUT2D eigenvalue weighted by molar-refractivity contribution is 0.660. The zero-order valence-corrected chi connectivity index (χ0v) is 21.0. The van der Waals surface area contributed by atoms with Gasteiger partial charge in [-0.3, -0.25) is 0 Å². The van der Waals surface area contributed by atoms with Crippen LogP contribution in [0.5, 0.6) is 0 Å². The van der Waals surface area contributed by atoms with E-state index < -0.39 is 0 Å². The smallest absolute Gasteiger partial charge is 0.0698 e. The molecule has 176 valence electrons. The van der Waals surface area contributed by atoms with Gasteiger partial charge >= 0.3 is 0 Å². The number of anilines is 5. The fraction of sp³-hybridized carbons (Fsp3) is 0.118. The summed E-state index contributed by atoms with van der Waals surface area (Å²) in [6.45, 7) is 4.67. The Morgan fingerprint density at radius 1 is 0.472 bits per heavy atom. The topological polar surface area (TPSA) is 6.48 Å². The van der Waals surface area contributed by atoms with Gasteiger partial charge in [0, 0.05) is 29.5 Å². The molecule has 0 fully saturated rings. The van der Waals surface area contributed by atoms with Gasteiger partial charge in [-0.2, -0.15) is 0 Å². The molecule has 1 aliphatic carbocycles. The predicted molar refractivity (Wildman–Crippen MR) is 153 cm³/mol. The van der Waals surface area contributed by atoms with Crippen LogP contribution in [0.2, 0.25) is 0 Å². The van der Waals surface area contributed by atoms with Crippen molar-refractivity contribution in [2.75, 3.05) is 16.8 Å². The minimum Gasteiger partial charge on any atom is -0.343 e. The Labute approximate surface area is 214 Å². The van der Waals surface area contributed by atoms with E-state index in [1.165, 1.54) is 27.9 Å². The van der Waals surface area contributed by atoms with Crippen molar-refractivity contribution in [3.63, 3.8) is 0 Å². The van der Waals surface area contributed by atoms with Crippen LogP contribution in [-0.2, 0) is 5.41 Å². The summed E-state index contributed by atoms with van der Waals surface area (Å²) in [5, 5.41) is 0. The molecule has 0 aliphatic heterocycles. The molecule has 36 heavy (non-hydrogen) atoms. The van der Waals surface area contributed by atoms with E-state index in [1.807, 2.05) is 0 Å². The Morgan fingerprint density at radius 3 is 1.67 bits per heavy atom. The second kappa shape index (κ2) is 8.73. The van der Waals surface area contributed by atoms with Crippen LogP contribution in [0.15, 0.2) is 127 Å². The lowest BCUT2D eigenvalue weighted by Crippen LogP contribution is -2.18. The molecular weight excluding hydrogens is 436 g/mol. The number of para-hydroxylation sites is 4. The number of rotatable bonds is 5. The van der Waals surface area contributed by atoms with E-state index in [4.69, 9.17) is 0 Å². The van der Waals surface area contributed by atoms with Gasteiger partial charge in [0.05, 0.1) is 11.4 Å². The molecule has 2 heteroatoms. The summed E-state index contributed by atoms with van der Waals surface area (Å²) >= 11 is 0. The van der Waals surface area contributed by atoms with Crippen molar-refractivity contribution >= 4 is 28.4 Å². The molecule has 6 rings (SSSR count). The van der Waals surface area contributed by atoms with Crippen molar-refractivity contribution in [3.8, 4) is 11.1 Å². The first-order chi connectivity index (χ1) is 17.6. The highest BCUT2D eigenvalue weighted by Gasteiger charge is 2.35. The van der Waals surface area contributed by atoms with E-state index in [0.717, 1.165) is 22.7 Å². The summed E-state index contributed by atoms with van der Waals surface area (Å²) in [4.78, 5) is 4.65. The zero-order chi connectivity index (χ0) is 24.7. The van der Waals surface area contributed by atoms with Crippen LogP contribution in [0, 0.1) is 0 Å². The van der Waals surface area contributed by atoms with Crippen LogP contribution in [0.4, 0.5) is 28.4 Å². The highest BCUT2D eigenvalue weighted by Crippen LogP contribution is 2.50. The maximum Gasteiger partial charge on any atom is 0.0698 e. The maximum atomic E-state index is 2.38. The van der Waals surface area contributed by atoms with Gasteiger partial charge in [-0.25, -0.2) is 0 Å². The average molecular weight is 467 g/mol. The van der Waals surface area contributed by atoms with E-state index in [-0.39, 0.29) is 5.41 Å². The Kier molecular flexibility index (Phi) is 5.38. The zero-order valence-electron chi connectivity index (χ0n) is 21.0. The highest BCUT2D eigenvalue weighted by atomic mass is 15.2. The molecule has 5 aromatic carbocycles. The Bertz CT molecular complexity index is 1480. The molecule has 0 saturated carbocycles. The number of nitrogens with zero attached hydrogens (tertiary/aromatic N) is 2. The molecule has 0 aromatic heterocycles. The summed E-state index contributed by atoms with van der Waals surface area (Å²) in [5.74, 6) is 0. The summed E-state index contributed by atoms with van der Waals surface area (Å²) in [6, 6.07) is 45.6. The third-order valence-electron chi connectivity index (χ3n) is 7.47. The van der Waals surface area contributed by atoms with Crippen LogP contribution in [0.25, 0.3) is 11.1 Å². The van der Waals surface area contributed by atoms with Gasteiger partial charge in [-0.15, -0.1) is 0 Å². The highest BCUT2D eigenvalue weighted by molar-refractivity contribution is 5.88. The first-order valence-corrected chi connectivity index (χ1v) is 12.5. The van der Waals surface area contributed by atoms with Crippen molar-refractivity contribution in [1.82, 2.24) is 0 Å². The van der Waals surface area contributed by atoms with E-state index in [2.05, 4.69) is 158 Å². The van der Waals surface area contributed by atoms with E-state index in [9.17, 15) is 0 Å². The van der Waals surface area contributed by atoms with Crippen molar-refractivity contribution in [2.24, 2.45) is 0 Å². The van der Waals surface area contributed by atoms with Crippen LogP contribution in [0.3, 0.4) is 0 Å². The SMILES string of the molecule is CN(c1ccc2c(c1)C(C)(C)c1ccccc1-2)c1ccccc1N(c1ccccc1)c1ccccc1. The van der Waals surface area contributed by atoms with Gasteiger partial charge < -0.3 is 9.80 Å². The molecular formula is C34H30N2. The lowest BCUT2D eigenvalue weighted by atomic mass is 9.82. The van der Waals surface area contributed by atoms with Gasteiger partial charge in [0.1, 0.15) is 0 Å². The largest absolute Gasteiger partial charge is 0.343 e. The standard InChI is InChI=1S/C34H30N2/c1-34(2)30-19-11-10-18-28(30)29-23-22-27(24-31(29)34)35(3)32-20-12-13-21-33(32)36(25-14-6-4-7-15-25)26-16-8-5-9-17-26/h4-24H,1-3H3. The molecule has 0 bridgehead atoms. The molecule has 0 unspecified atom stereocenters. The summed E-state index contributed by atoms with van der Waals surface area (Å²) in [7, 11) is 2.17. The van der Waals surface area contributed by atoms with Gasteiger partial charge in [-0.1, -0.05) is 92.7 Å². The van der Waals surface area contributed by atoms with E-state index in [0.29, 0.717) is 0 Å². The molecule has 0 N–H and O–H groups in total. The van der Waals surface area contributed by atoms with Crippen LogP contribution >= 0.6 is 0 Å². The molecule has 0 spiro atoms. The third kappa shape index (κ3) is 3.58. The average Bonchev–Trinajstić information content (AvgIpc) is 3.16.